The lowest BCUT2D eigenvalue weighted by Gasteiger charge is -2.30. The molecule has 1 fully saturated rings. The molecule has 0 spiro atoms. The molecule has 1 aliphatic rings. The summed E-state index contributed by atoms with van der Waals surface area (Å²) in [5.74, 6) is -0.219. The molecule has 2 rings (SSSR count). The fourth-order valence-corrected chi connectivity index (χ4v) is 4.42. The number of hydrogen-bond donors (Lipinski definition) is 1. The number of benzene rings is 1. The van der Waals surface area contributed by atoms with Crippen LogP contribution in [-0.2, 0) is 14.8 Å². The van der Waals surface area contributed by atoms with Crippen molar-refractivity contribution in [2.45, 2.75) is 38.5 Å². The minimum absolute atomic E-state index is 0.194. The Labute approximate surface area is 137 Å². The second kappa shape index (κ2) is 6.88. The van der Waals surface area contributed by atoms with Crippen molar-refractivity contribution in [2.24, 2.45) is 11.7 Å². The molecule has 0 bridgehead atoms. The van der Waals surface area contributed by atoms with Gasteiger partial charge in [0.1, 0.15) is 10.6 Å². The molecule has 1 heterocycles. The molecule has 2 N–H and O–H groups in total. The maximum Gasteiger partial charge on any atom is 0.246 e. The molecule has 23 heavy (non-hydrogen) atoms. The molecule has 0 aromatic heterocycles. The number of hydrogen-bond acceptors (Lipinski definition) is 4. The van der Waals surface area contributed by atoms with Gasteiger partial charge in [0.05, 0.1) is 6.61 Å². The van der Waals surface area contributed by atoms with Crippen LogP contribution in [0.2, 0.25) is 0 Å². The van der Waals surface area contributed by atoms with Gasteiger partial charge < -0.3 is 10.5 Å². The van der Waals surface area contributed by atoms with Gasteiger partial charge in [0, 0.05) is 19.0 Å². The number of rotatable bonds is 5. The molecule has 7 heteroatoms. The van der Waals surface area contributed by atoms with Crippen molar-refractivity contribution >= 4 is 15.9 Å². The Balaban J connectivity index is 2.33. The number of nitrogens with two attached hydrogens (primary N) is 1. The summed E-state index contributed by atoms with van der Waals surface area (Å²) < 4.78 is 32.9. The van der Waals surface area contributed by atoms with Crippen LogP contribution in [0, 0.1) is 19.8 Å². The van der Waals surface area contributed by atoms with E-state index in [4.69, 9.17) is 10.5 Å². The van der Waals surface area contributed by atoms with E-state index in [1.165, 1.54) is 4.31 Å². The van der Waals surface area contributed by atoms with E-state index in [2.05, 4.69) is 0 Å². The van der Waals surface area contributed by atoms with Crippen LogP contribution in [0.5, 0.6) is 5.75 Å². The fourth-order valence-electron chi connectivity index (χ4n) is 2.75. The highest BCUT2D eigenvalue weighted by molar-refractivity contribution is 7.89. The summed E-state index contributed by atoms with van der Waals surface area (Å²) in [6.07, 6.45) is 0.923. The minimum Gasteiger partial charge on any atom is -0.492 e. The summed E-state index contributed by atoms with van der Waals surface area (Å²) in [6, 6.07) is 3.43. The van der Waals surface area contributed by atoms with Gasteiger partial charge in [-0.15, -0.1) is 0 Å². The lowest BCUT2D eigenvalue weighted by molar-refractivity contribution is -0.122. The highest BCUT2D eigenvalue weighted by Crippen LogP contribution is 2.32. The molecule has 6 nitrogen and oxygen atoms in total. The zero-order valence-corrected chi connectivity index (χ0v) is 14.6. The third kappa shape index (κ3) is 3.67. The number of sulfonamides is 1. The van der Waals surface area contributed by atoms with Crippen LogP contribution in [0.3, 0.4) is 0 Å². The first-order valence-electron chi connectivity index (χ1n) is 7.81. The third-order valence-electron chi connectivity index (χ3n) is 4.33. The van der Waals surface area contributed by atoms with Crippen LogP contribution in [0.1, 0.15) is 30.9 Å². The molecule has 0 radical (unpaired) electrons. The summed E-state index contributed by atoms with van der Waals surface area (Å²) in [5.41, 5.74) is 7.19. The number of nitrogens with zero attached hydrogens (tertiary/aromatic N) is 1. The van der Waals surface area contributed by atoms with E-state index in [1.54, 1.807) is 12.1 Å². The second-order valence-electron chi connectivity index (χ2n) is 5.90. The topological polar surface area (TPSA) is 89.7 Å². The Hall–Kier alpha value is -1.60. The quantitative estimate of drug-likeness (QED) is 0.881. The first-order chi connectivity index (χ1) is 10.8. The van der Waals surface area contributed by atoms with Crippen molar-refractivity contribution in [3.05, 3.63) is 23.3 Å². The molecule has 0 atom stereocenters. The molecule has 1 aliphatic heterocycles. The minimum atomic E-state index is -3.65. The zero-order valence-electron chi connectivity index (χ0n) is 13.8. The van der Waals surface area contributed by atoms with Crippen molar-refractivity contribution in [2.75, 3.05) is 19.7 Å². The monoisotopic (exact) mass is 340 g/mol. The van der Waals surface area contributed by atoms with Gasteiger partial charge in [0.25, 0.3) is 0 Å². The van der Waals surface area contributed by atoms with Crippen molar-refractivity contribution in [1.29, 1.82) is 0 Å². The lowest BCUT2D eigenvalue weighted by Crippen LogP contribution is -2.41. The van der Waals surface area contributed by atoms with Gasteiger partial charge in [-0.3, -0.25) is 4.79 Å². The Morgan fingerprint density at radius 2 is 1.83 bits per heavy atom. The molecular weight excluding hydrogens is 316 g/mol. The zero-order chi connectivity index (χ0) is 17.2. The summed E-state index contributed by atoms with van der Waals surface area (Å²) in [7, 11) is -3.65. The van der Waals surface area contributed by atoms with E-state index >= 15 is 0 Å². The van der Waals surface area contributed by atoms with E-state index in [0.29, 0.717) is 38.3 Å². The summed E-state index contributed by atoms with van der Waals surface area (Å²) >= 11 is 0. The number of piperidine rings is 1. The van der Waals surface area contributed by atoms with Crippen LogP contribution < -0.4 is 10.5 Å². The number of carbonyl (C=O) groups excluding carboxylic acids is 1. The highest BCUT2D eigenvalue weighted by atomic mass is 32.2. The van der Waals surface area contributed by atoms with Gasteiger partial charge in [-0.1, -0.05) is 0 Å². The van der Waals surface area contributed by atoms with Crippen LogP contribution in [0.4, 0.5) is 0 Å². The van der Waals surface area contributed by atoms with E-state index < -0.39 is 10.0 Å². The van der Waals surface area contributed by atoms with Crippen LogP contribution in [0.25, 0.3) is 0 Å². The number of aryl methyl sites for hydroxylation is 2. The summed E-state index contributed by atoms with van der Waals surface area (Å²) in [4.78, 5) is 11.4. The Morgan fingerprint density at radius 1 is 1.26 bits per heavy atom. The van der Waals surface area contributed by atoms with Crippen LogP contribution in [-0.4, -0.2) is 38.3 Å². The Kier molecular flexibility index (Phi) is 5.31. The van der Waals surface area contributed by atoms with Gasteiger partial charge >= 0.3 is 0 Å². The Morgan fingerprint density at radius 3 is 2.35 bits per heavy atom. The van der Waals surface area contributed by atoms with Gasteiger partial charge in [-0.2, -0.15) is 4.31 Å². The SMILES string of the molecule is CCOc1cc(C)c(C)cc1S(=O)(=O)N1CCC(C(N)=O)CC1. The van der Waals surface area contributed by atoms with Crippen LogP contribution >= 0.6 is 0 Å². The van der Waals surface area contributed by atoms with E-state index in [-0.39, 0.29) is 16.7 Å². The average molecular weight is 340 g/mol. The molecule has 128 valence electrons. The van der Waals surface area contributed by atoms with E-state index in [0.717, 1.165) is 11.1 Å². The van der Waals surface area contributed by atoms with E-state index in [1.807, 2.05) is 20.8 Å². The van der Waals surface area contributed by atoms with E-state index in [9.17, 15) is 13.2 Å². The summed E-state index contributed by atoms with van der Waals surface area (Å²) in [5, 5.41) is 0. The van der Waals surface area contributed by atoms with Gasteiger partial charge in [0.15, 0.2) is 0 Å². The normalized spacial score (nSPS) is 17.2. The molecular formula is C16H24N2O4S. The van der Waals surface area contributed by atoms with Crippen LogP contribution in [0.15, 0.2) is 17.0 Å². The Bertz CT molecular complexity index is 692. The summed E-state index contributed by atoms with van der Waals surface area (Å²) in [6.45, 7) is 6.62. The maximum absolute atomic E-state index is 13.0. The third-order valence-corrected chi connectivity index (χ3v) is 6.25. The average Bonchev–Trinajstić information content (AvgIpc) is 2.51. The molecule has 1 aromatic rings. The number of carbonyl (C=O) groups is 1. The number of amides is 1. The molecule has 1 saturated heterocycles. The maximum atomic E-state index is 13.0. The van der Waals surface area contributed by atoms with Gasteiger partial charge in [-0.05, 0) is 56.9 Å². The molecule has 0 aliphatic carbocycles. The smallest absolute Gasteiger partial charge is 0.246 e. The predicted octanol–water partition coefficient (Wildman–Crippen LogP) is 1.59. The van der Waals surface area contributed by atoms with Crippen molar-refractivity contribution in [1.82, 2.24) is 4.31 Å². The first kappa shape index (κ1) is 17.7. The molecule has 1 amide bonds. The lowest BCUT2D eigenvalue weighted by atomic mass is 9.98. The van der Waals surface area contributed by atoms with Crippen molar-refractivity contribution in [3.8, 4) is 5.75 Å². The largest absolute Gasteiger partial charge is 0.492 e. The second-order valence-corrected chi connectivity index (χ2v) is 7.80. The highest BCUT2D eigenvalue weighted by Gasteiger charge is 2.33. The standard InChI is InChI=1S/C16H24N2O4S/c1-4-22-14-9-11(2)12(3)10-15(14)23(20,21)18-7-5-13(6-8-18)16(17)19/h9-10,13H,4-8H2,1-3H3,(H2,17,19). The predicted molar refractivity (Wildman–Crippen MR) is 87.8 cm³/mol. The fraction of sp³-hybridized carbons (Fsp3) is 0.562. The molecule has 0 unspecified atom stereocenters. The van der Waals surface area contributed by atoms with Gasteiger partial charge in [-0.25, -0.2) is 8.42 Å². The van der Waals surface area contributed by atoms with Crippen molar-refractivity contribution in [3.63, 3.8) is 0 Å². The number of primary amides is 1. The van der Waals surface area contributed by atoms with Crippen molar-refractivity contribution < 1.29 is 17.9 Å². The number of ether oxygens (including phenoxy) is 1. The van der Waals surface area contributed by atoms with Gasteiger partial charge in [0.2, 0.25) is 15.9 Å². The molecule has 0 saturated carbocycles. The molecule has 1 aromatic carbocycles. The first-order valence-corrected chi connectivity index (χ1v) is 9.25.